The van der Waals surface area contributed by atoms with E-state index in [0.29, 0.717) is 6.42 Å². The second kappa shape index (κ2) is 9.34. The zero-order valence-electron chi connectivity index (χ0n) is 13.4. The van der Waals surface area contributed by atoms with Crippen LogP contribution >= 0.6 is 35.3 Å². The molecule has 0 spiro atoms. The van der Waals surface area contributed by atoms with Crippen molar-refractivity contribution in [3.63, 3.8) is 0 Å². The van der Waals surface area contributed by atoms with Gasteiger partial charge in [-0.3, -0.25) is 9.79 Å². The number of hydrogen-bond donors (Lipinski definition) is 2. The van der Waals surface area contributed by atoms with Crippen LogP contribution in [0.3, 0.4) is 0 Å². The van der Waals surface area contributed by atoms with Crippen molar-refractivity contribution in [3.8, 4) is 0 Å². The summed E-state index contributed by atoms with van der Waals surface area (Å²) in [5, 5.41) is 6.73. The SMILES string of the molecule is CCC(=O)N1CCC(NC(=NC)NCc2ccc(C)s2)C1.I. The average Bonchev–Trinajstić information content (AvgIpc) is 3.11. The molecule has 7 heteroatoms. The quantitative estimate of drug-likeness (QED) is 0.433. The van der Waals surface area contributed by atoms with Gasteiger partial charge in [-0.1, -0.05) is 6.92 Å². The largest absolute Gasteiger partial charge is 0.352 e. The van der Waals surface area contributed by atoms with Crippen molar-refractivity contribution in [2.45, 2.75) is 39.3 Å². The third-order valence-corrected chi connectivity index (χ3v) is 4.63. The van der Waals surface area contributed by atoms with Gasteiger partial charge >= 0.3 is 0 Å². The monoisotopic (exact) mass is 436 g/mol. The highest BCUT2D eigenvalue weighted by atomic mass is 127. The topological polar surface area (TPSA) is 56.7 Å². The number of nitrogens with zero attached hydrogens (tertiary/aromatic N) is 2. The Balaban J connectivity index is 0.00000242. The number of thiophene rings is 1. The van der Waals surface area contributed by atoms with Gasteiger partial charge in [-0.05, 0) is 25.5 Å². The first kappa shape index (κ1) is 19.2. The molecule has 1 aromatic heterocycles. The Bertz CT molecular complexity index is 517. The van der Waals surface area contributed by atoms with E-state index < -0.39 is 0 Å². The maximum atomic E-state index is 11.7. The number of rotatable bonds is 4. The second-order valence-electron chi connectivity index (χ2n) is 5.26. The van der Waals surface area contributed by atoms with Crippen LogP contribution in [0.5, 0.6) is 0 Å². The zero-order chi connectivity index (χ0) is 15.2. The van der Waals surface area contributed by atoms with Crippen LogP contribution in [0.4, 0.5) is 0 Å². The maximum absolute atomic E-state index is 11.7. The molecule has 1 fully saturated rings. The molecule has 0 aromatic carbocycles. The molecule has 1 unspecified atom stereocenters. The van der Waals surface area contributed by atoms with E-state index in [4.69, 9.17) is 0 Å². The summed E-state index contributed by atoms with van der Waals surface area (Å²) in [6.07, 6.45) is 1.56. The first-order chi connectivity index (χ1) is 10.1. The molecule has 1 aliphatic heterocycles. The summed E-state index contributed by atoms with van der Waals surface area (Å²) in [6, 6.07) is 4.55. The molecule has 22 heavy (non-hydrogen) atoms. The normalized spacial score (nSPS) is 18.0. The fourth-order valence-electron chi connectivity index (χ4n) is 2.47. The minimum absolute atomic E-state index is 0. The highest BCUT2D eigenvalue weighted by Gasteiger charge is 2.25. The Morgan fingerprint density at radius 3 is 2.86 bits per heavy atom. The smallest absolute Gasteiger partial charge is 0.222 e. The van der Waals surface area contributed by atoms with E-state index in [0.717, 1.165) is 32.0 Å². The Morgan fingerprint density at radius 2 is 2.27 bits per heavy atom. The lowest BCUT2D eigenvalue weighted by Gasteiger charge is -2.18. The number of guanidine groups is 1. The molecule has 5 nitrogen and oxygen atoms in total. The third kappa shape index (κ3) is 5.42. The fourth-order valence-corrected chi connectivity index (χ4v) is 3.30. The highest BCUT2D eigenvalue weighted by molar-refractivity contribution is 14.0. The predicted molar refractivity (Wildman–Crippen MR) is 103 cm³/mol. The summed E-state index contributed by atoms with van der Waals surface area (Å²) < 4.78 is 0. The summed E-state index contributed by atoms with van der Waals surface area (Å²) in [5.41, 5.74) is 0. The van der Waals surface area contributed by atoms with E-state index in [2.05, 4.69) is 34.7 Å². The van der Waals surface area contributed by atoms with Crippen LogP contribution in [0.25, 0.3) is 0 Å². The van der Waals surface area contributed by atoms with E-state index in [1.807, 2.05) is 11.8 Å². The summed E-state index contributed by atoms with van der Waals surface area (Å²) in [4.78, 5) is 20.5. The van der Waals surface area contributed by atoms with Gasteiger partial charge in [0, 0.05) is 42.4 Å². The molecule has 1 amide bonds. The third-order valence-electron chi connectivity index (χ3n) is 3.63. The Labute approximate surface area is 153 Å². The molecule has 124 valence electrons. The van der Waals surface area contributed by atoms with Crippen LogP contribution in [0, 0.1) is 6.92 Å². The lowest BCUT2D eigenvalue weighted by atomic mass is 10.3. The van der Waals surface area contributed by atoms with Gasteiger partial charge in [-0.15, -0.1) is 35.3 Å². The zero-order valence-corrected chi connectivity index (χ0v) is 16.5. The number of aliphatic imine (C=N–C) groups is 1. The second-order valence-corrected chi connectivity index (χ2v) is 6.63. The number of halogens is 1. The van der Waals surface area contributed by atoms with E-state index in [-0.39, 0.29) is 35.9 Å². The molecule has 0 aliphatic carbocycles. The van der Waals surface area contributed by atoms with Crippen molar-refractivity contribution >= 4 is 47.2 Å². The molecular weight excluding hydrogens is 411 g/mol. The summed E-state index contributed by atoms with van der Waals surface area (Å²) >= 11 is 1.79. The Kier molecular flexibility index (Phi) is 8.16. The fraction of sp³-hybridized carbons (Fsp3) is 0.600. The standard InChI is InChI=1S/C15H24N4OS.HI/c1-4-14(20)19-8-7-12(10-19)18-15(16-3)17-9-13-6-5-11(2)21-13;/h5-6,12H,4,7-10H2,1-3H3,(H2,16,17,18);1H. The average molecular weight is 436 g/mol. The minimum atomic E-state index is 0. The molecule has 0 bridgehead atoms. The molecule has 0 saturated carbocycles. The molecule has 2 heterocycles. The van der Waals surface area contributed by atoms with E-state index in [9.17, 15) is 4.79 Å². The summed E-state index contributed by atoms with van der Waals surface area (Å²) in [7, 11) is 1.78. The predicted octanol–water partition coefficient (Wildman–Crippen LogP) is 2.35. The molecule has 1 atom stereocenters. The Morgan fingerprint density at radius 1 is 1.50 bits per heavy atom. The van der Waals surface area contributed by atoms with Gasteiger partial charge in [-0.2, -0.15) is 0 Å². The van der Waals surface area contributed by atoms with Gasteiger partial charge in [0.05, 0.1) is 6.54 Å². The molecule has 2 rings (SSSR count). The van der Waals surface area contributed by atoms with Crippen molar-refractivity contribution in [2.24, 2.45) is 4.99 Å². The lowest BCUT2D eigenvalue weighted by Crippen LogP contribution is -2.44. The van der Waals surface area contributed by atoms with Crippen molar-refractivity contribution in [1.29, 1.82) is 0 Å². The van der Waals surface area contributed by atoms with E-state index in [1.165, 1.54) is 9.75 Å². The number of nitrogens with one attached hydrogen (secondary N) is 2. The van der Waals surface area contributed by atoms with Crippen LogP contribution in [0.1, 0.15) is 29.5 Å². The first-order valence-electron chi connectivity index (χ1n) is 7.42. The highest BCUT2D eigenvalue weighted by Crippen LogP contribution is 2.14. The number of carbonyl (C=O) groups is 1. The van der Waals surface area contributed by atoms with Gasteiger partial charge < -0.3 is 15.5 Å². The van der Waals surface area contributed by atoms with Gasteiger partial charge in [0.1, 0.15) is 0 Å². The lowest BCUT2D eigenvalue weighted by molar-refractivity contribution is -0.129. The van der Waals surface area contributed by atoms with Crippen LogP contribution in [0.2, 0.25) is 0 Å². The molecular formula is C15H25IN4OS. The maximum Gasteiger partial charge on any atom is 0.222 e. The summed E-state index contributed by atoms with van der Waals surface area (Å²) in [5.74, 6) is 1.04. The van der Waals surface area contributed by atoms with Gasteiger partial charge in [-0.25, -0.2) is 0 Å². The molecule has 0 radical (unpaired) electrons. The van der Waals surface area contributed by atoms with E-state index >= 15 is 0 Å². The van der Waals surface area contributed by atoms with Gasteiger partial charge in [0.25, 0.3) is 0 Å². The number of amides is 1. The van der Waals surface area contributed by atoms with E-state index in [1.54, 1.807) is 18.4 Å². The number of hydrogen-bond acceptors (Lipinski definition) is 3. The van der Waals surface area contributed by atoms with Crippen molar-refractivity contribution < 1.29 is 4.79 Å². The number of aryl methyl sites for hydroxylation is 1. The molecule has 2 N–H and O–H groups in total. The van der Waals surface area contributed by atoms with Crippen LogP contribution < -0.4 is 10.6 Å². The van der Waals surface area contributed by atoms with Gasteiger partial charge in [0.2, 0.25) is 5.91 Å². The first-order valence-corrected chi connectivity index (χ1v) is 8.24. The molecule has 1 aliphatic rings. The summed E-state index contributed by atoms with van der Waals surface area (Å²) in [6.45, 7) is 6.41. The molecule has 1 aromatic rings. The number of carbonyl (C=O) groups excluding carboxylic acids is 1. The van der Waals surface area contributed by atoms with Crippen molar-refractivity contribution in [2.75, 3.05) is 20.1 Å². The Hall–Kier alpha value is -0.830. The van der Waals surface area contributed by atoms with Crippen molar-refractivity contribution in [1.82, 2.24) is 15.5 Å². The van der Waals surface area contributed by atoms with Crippen LogP contribution in [-0.4, -0.2) is 42.9 Å². The minimum Gasteiger partial charge on any atom is -0.352 e. The van der Waals surface area contributed by atoms with Crippen molar-refractivity contribution in [3.05, 3.63) is 21.9 Å². The van der Waals surface area contributed by atoms with Gasteiger partial charge in [0.15, 0.2) is 5.96 Å². The molecule has 1 saturated heterocycles. The van der Waals surface area contributed by atoms with Crippen LogP contribution in [0.15, 0.2) is 17.1 Å². The van der Waals surface area contributed by atoms with Crippen LogP contribution in [-0.2, 0) is 11.3 Å². The number of likely N-dealkylation sites (tertiary alicyclic amines) is 1.